The molecule has 0 radical (unpaired) electrons. The summed E-state index contributed by atoms with van der Waals surface area (Å²) in [5, 5.41) is 24.7. The van der Waals surface area contributed by atoms with Gasteiger partial charge in [-0.1, -0.05) is 48.5 Å². The van der Waals surface area contributed by atoms with Crippen molar-refractivity contribution >= 4 is 33.5 Å². The molecular weight excluding hydrogens is 604 g/mol. The molecule has 6 rings (SSSR count). The Morgan fingerprint density at radius 3 is 1.47 bits per heavy atom. The molecule has 0 fully saturated rings. The molecule has 0 amide bonds. The van der Waals surface area contributed by atoms with Crippen LogP contribution in [-0.2, 0) is 15.9 Å². The molecule has 10 nitrogen and oxygen atoms in total. The number of ether oxygens (including phenoxy) is 4. The molecule has 0 saturated heterocycles. The number of aliphatic hydroxyl groups is 2. The van der Waals surface area contributed by atoms with E-state index in [2.05, 4.69) is 12.1 Å². The van der Waals surface area contributed by atoms with E-state index >= 15 is 0 Å². The third-order valence-electron chi connectivity index (χ3n) is 7.41. The summed E-state index contributed by atoms with van der Waals surface area (Å²) in [5.41, 5.74) is 2.15. The first-order valence-corrected chi connectivity index (χ1v) is 15.0. The summed E-state index contributed by atoms with van der Waals surface area (Å²) in [6.07, 6.45) is 1.32. The van der Waals surface area contributed by atoms with Crippen LogP contribution in [0, 0.1) is 0 Å². The molecule has 0 spiro atoms. The second-order valence-corrected chi connectivity index (χ2v) is 10.9. The Balaban J connectivity index is 1.10. The van der Waals surface area contributed by atoms with Gasteiger partial charge in [0.15, 0.2) is 0 Å². The first kappa shape index (κ1) is 31.4. The van der Waals surface area contributed by atoms with Crippen molar-refractivity contribution in [2.75, 3.05) is 26.4 Å². The maximum absolute atomic E-state index is 12.0. The Labute approximate surface area is 269 Å². The van der Waals surface area contributed by atoms with Crippen molar-refractivity contribution in [1.82, 2.24) is 0 Å². The third kappa shape index (κ3) is 7.99. The summed E-state index contributed by atoms with van der Waals surface area (Å²) in [5.74, 6) is -0.0325. The fourth-order valence-corrected chi connectivity index (χ4v) is 5.08. The maximum Gasteiger partial charge on any atom is 0.374 e. The Kier molecular flexibility index (Phi) is 9.81. The highest BCUT2D eigenvalue weighted by atomic mass is 16.6. The van der Waals surface area contributed by atoms with Crippen LogP contribution in [-0.4, -0.2) is 60.8 Å². The number of rotatable bonds is 14. The quantitative estimate of drug-likeness (QED) is 0.138. The smallest absolute Gasteiger partial charge is 0.374 e. The average molecular weight is 637 g/mol. The molecule has 6 aromatic rings. The molecule has 2 N–H and O–H groups in total. The van der Waals surface area contributed by atoms with Crippen LogP contribution in [0.3, 0.4) is 0 Å². The van der Waals surface area contributed by atoms with Gasteiger partial charge in [0.1, 0.15) is 50.1 Å². The van der Waals surface area contributed by atoms with E-state index in [1.54, 1.807) is 12.1 Å². The van der Waals surface area contributed by atoms with Gasteiger partial charge >= 0.3 is 11.9 Å². The molecular formula is C37H32O10. The molecule has 0 aliphatic rings. The molecule has 0 aliphatic carbocycles. The van der Waals surface area contributed by atoms with Gasteiger partial charge in [-0.05, 0) is 87.6 Å². The van der Waals surface area contributed by atoms with E-state index in [9.17, 15) is 19.8 Å². The van der Waals surface area contributed by atoms with Crippen LogP contribution in [0.1, 0.15) is 32.2 Å². The van der Waals surface area contributed by atoms with Crippen molar-refractivity contribution < 1.29 is 47.6 Å². The first-order chi connectivity index (χ1) is 22.9. The number of benzene rings is 4. The normalized spacial score (nSPS) is 12.5. The molecule has 2 aromatic heterocycles. The molecule has 2 unspecified atom stereocenters. The van der Waals surface area contributed by atoms with Crippen LogP contribution in [0.5, 0.6) is 11.5 Å². The highest BCUT2D eigenvalue weighted by Gasteiger charge is 2.16. The lowest BCUT2D eigenvalue weighted by Gasteiger charge is -2.15. The van der Waals surface area contributed by atoms with Crippen molar-refractivity contribution in [3.05, 3.63) is 132 Å². The van der Waals surface area contributed by atoms with Gasteiger partial charge in [-0.2, -0.15) is 0 Å². The van der Waals surface area contributed by atoms with E-state index in [1.165, 1.54) is 24.7 Å². The van der Waals surface area contributed by atoms with E-state index in [1.807, 2.05) is 60.7 Å². The SMILES string of the molecule is O=C(OCC(O)COc1ccc2cccc(Cc3cccc4ccc(OCC(O)COC(=O)c5ccco5)cc34)c2c1)c1ccco1. The van der Waals surface area contributed by atoms with Gasteiger partial charge in [0.25, 0.3) is 0 Å². The first-order valence-electron chi connectivity index (χ1n) is 15.0. The number of carbonyl (C=O) groups excluding carboxylic acids is 2. The van der Waals surface area contributed by atoms with Crippen molar-refractivity contribution in [1.29, 1.82) is 0 Å². The van der Waals surface area contributed by atoms with E-state index in [0.717, 1.165) is 32.7 Å². The highest BCUT2D eigenvalue weighted by Crippen LogP contribution is 2.30. The number of hydrogen-bond acceptors (Lipinski definition) is 10. The number of fused-ring (bicyclic) bond motifs is 2. The lowest BCUT2D eigenvalue weighted by Crippen LogP contribution is -2.25. The lowest BCUT2D eigenvalue weighted by atomic mass is 9.95. The monoisotopic (exact) mass is 636 g/mol. The zero-order valence-corrected chi connectivity index (χ0v) is 25.2. The maximum atomic E-state index is 12.0. The third-order valence-corrected chi connectivity index (χ3v) is 7.41. The van der Waals surface area contributed by atoms with Gasteiger partial charge in [0, 0.05) is 0 Å². The second-order valence-electron chi connectivity index (χ2n) is 10.9. The minimum atomic E-state index is -1.02. The number of furan rings is 2. The van der Waals surface area contributed by atoms with E-state index < -0.39 is 24.1 Å². The second kappa shape index (κ2) is 14.7. The zero-order valence-electron chi connectivity index (χ0n) is 25.2. The van der Waals surface area contributed by atoms with Gasteiger partial charge < -0.3 is 38.0 Å². The predicted octanol–water partition coefficient (Wildman–Crippen LogP) is 5.96. The predicted molar refractivity (Wildman–Crippen MR) is 172 cm³/mol. The number of aliphatic hydroxyl groups excluding tert-OH is 2. The van der Waals surface area contributed by atoms with E-state index in [-0.39, 0.29) is 37.9 Å². The lowest BCUT2D eigenvalue weighted by molar-refractivity contribution is 0.0103. The summed E-state index contributed by atoms with van der Waals surface area (Å²) in [6, 6.07) is 29.8. The Hall–Kier alpha value is -5.58. The van der Waals surface area contributed by atoms with Crippen molar-refractivity contribution in [3.8, 4) is 11.5 Å². The van der Waals surface area contributed by atoms with Gasteiger partial charge in [-0.3, -0.25) is 0 Å². The molecule has 47 heavy (non-hydrogen) atoms. The highest BCUT2D eigenvalue weighted by molar-refractivity contribution is 5.90. The fraction of sp³-hybridized carbons (Fsp3) is 0.189. The summed E-state index contributed by atoms with van der Waals surface area (Å²) in [6.45, 7) is -0.592. The zero-order chi connectivity index (χ0) is 32.6. The fourth-order valence-electron chi connectivity index (χ4n) is 5.08. The minimum Gasteiger partial charge on any atom is -0.491 e. The number of esters is 2. The number of carbonyl (C=O) groups is 2. The molecule has 4 aromatic carbocycles. The van der Waals surface area contributed by atoms with E-state index in [4.69, 9.17) is 27.8 Å². The Morgan fingerprint density at radius 2 is 1.04 bits per heavy atom. The van der Waals surface area contributed by atoms with Gasteiger partial charge in [0.05, 0.1) is 12.5 Å². The van der Waals surface area contributed by atoms with E-state index in [0.29, 0.717) is 17.9 Å². The molecule has 0 saturated carbocycles. The van der Waals surface area contributed by atoms with Crippen LogP contribution in [0.2, 0.25) is 0 Å². The minimum absolute atomic E-state index is 0.0632. The van der Waals surface area contributed by atoms with Gasteiger partial charge in [0.2, 0.25) is 11.5 Å². The Morgan fingerprint density at radius 1 is 0.574 bits per heavy atom. The summed E-state index contributed by atoms with van der Waals surface area (Å²) in [7, 11) is 0. The summed E-state index contributed by atoms with van der Waals surface area (Å²) < 4.78 is 31.9. The molecule has 10 heteroatoms. The van der Waals surface area contributed by atoms with Crippen molar-refractivity contribution in [2.24, 2.45) is 0 Å². The van der Waals surface area contributed by atoms with Crippen molar-refractivity contribution in [2.45, 2.75) is 18.6 Å². The standard InChI is InChI=1S/C37H32O10/c38-28(22-46-36(40)34-9-3-15-42-34)20-44-30-13-11-24-5-1-7-26(32(24)18-30)17-27-8-2-6-25-12-14-31(19-33(25)27)45-21-29(39)23-47-37(41)35-10-4-16-43-35/h1-16,18-19,28-29,38-39H,17,20-23H2. The summed E-state index contributed by atoms with van der Waals surface area (Å²) >= 11 is 0. The van der Waals surface area contributed by atoms with Crippen LogP contribution < -0.4 is 9.47 Å². The molecule has 0 bridgehead atoms. The van der Waals surface area contributed by atoms with Crippen LogP contribution in [0.4, 0.5) is 0 Å². The van der Waals surface area contributed by atoms with Gasteiger partial charge in [-0.15, -0.1) is 0 Å². The van der Waals surface area contributed by atoms with Crippen molar-refractivity contribution in [3.63, 3.8) is 0 Å². The summed E-state index contributed by atoms with van der Waals surface area (Å²) in [4.78, 5) is 23.9. The molecule has 2 atom stereocenters. The van der Waals surface area contributed by atoms with Crippen LogP contribution in [0.25, 0.3) is 21.5 Å². The molecule has 240 valence electrons. The Bertz CT molecular complexity index is 1800. The topological polar surface area (TPSA) is 138 Å². The largest absolute Gasteiger partial charge is 0.491 e. The van der Waals surface area contributed by atoms with Gasteiger partial charge in [-0.25, -0.2) is 9.59 Å². The van der Waals surface area contributed by atoms with Crippen LogP contribution in [0.15, 0.2) is 118 Å². The molecule has 0 aliphatic heterocycles. The average Bonchev–Trinajstić information content (AvgIpc) is 3.84. The number of hydrogen-bond donors (Lipinski definition) is 2. The van der Waals surface area contributed by atoms with Crippen LogP contribution >= 0.6 is 0 Å². The molecule has 2 heterocycles.